The fourth-order valence-electron chi connectivity index (χ4n) is 2.02. The van der Waals surface area contributed by atoms with E-state index in [2.05, 4.69) is 10.1 Å². The van der Waals surface area contributed by atoms with E-state index in [-0.39, 0.29) is 40.2 Å². The lowest BCUT2D eigenvalue weighted by Gasteiger charge is -2.08. The lowest BCUT2D eigenvalue weighted by molar-refractivity contribution is -0.118. The first kappa shape index (κ1) is 19.8. The van der Waals surface area contributed by atoms with Crippen molar-refractivity contribution in [3.05, 3.63) is 59.4 Å². The Morgan fingerprint density at radius 1 is 1.15 bits per heavy atom. The number of alkyl halides is 2. The molecule has 0 saturated carbocycles. The summed E-state index contributed by atoms with van der Waals surface area (Å²) in [4.78, 5) is 23.3. The second kappa shape index (κ2) is 9.28. The zero-order valence-corrected chi connectivity index (χ0v) is 14.6. The van der Waals surface area contributed by atoms with Crippen molar-refractivity contribution in [3.8, 4) is 5.75 Å². The van der Waals surface area contributed by atoms with Crippen molar-refractivity contribution in [2.75, 3.05) is 5.75 Å². The molecular formula is C18H16F3NO3S. The maximum absolute atomic E-state index is 13.9. The van der Waals surface area contributed by atoms with Crippen LogP contribution in [0.5, 0.6) is 5.75 Å². The van der Waals surface area contributed by atoms with Gasteiger partial charge in [0.25, 0.3) is 0 Å². The maximum atomic E-state index is 13.9. The third kappa shape index (κ3) is 6.11. The van der Waals surface area contributed by atoms with Crippen molar-refractivity contribution >= 4 is 23.5 Å². The Hall–Kier alpha value is -2.48. The van der Waals surface area contributed by atoms with Crippen molar-refractivity contribution in [1.82, 2.24) is 5.32 Å². The minimum Gasteiger partial charge on any atom is -0.435 e. The zero-order valence-electron chi connectivity index (χ0n) is 13.8. The van der Waals surface area contributed by atoms with Gasteiger partial charge >= 0.3 is 6.61 Å². The van der Waals surface area contributed by atoms with Gasteiger partial charge in [0.1, 0.15) is 11.6 Å². The first-order chi connectivity index (χ1) is 12.3. The second-order valence-electron chi connectivity index (χ2n) is 5.29. The summed E-state index contributed by atoms with van der Waals surface area (Å²) in [6.45, 7) is -1.33. The highest BCUT2D eigenvalue weighted by Gasteiger charge is 2.10. The Morgan fingerprint density at radius 2 is 1.85 bits per heavy atom. The molecule has 2 rings (SSSR count). The summed E-state index contributed by atoms with van der Waals surface area (Å²) < 4.78 is 42.2. The molecule has 0 heterocycles. The zero-order chi connectivity index (χ0) is 19.1. The van der Waals surface area contributed by atoms with Crippen molar-refractivity contribution in [2.24, 2.45) is 0 Å². The molecule has 0 fully saturated rings. The molecule has 0 unspecified atom stereocenters. The van der Waals surface area contributed by atoms with E-state index < -0.39 is 12.4 Å². The van der Waals surface area contributed by atoms with Gasteiger partial charge in [0.15, 0.2) is 5.78 Å². The number of rotatable bonds is 8. The average Bonchev–Trinajstić information content (AvgIpc) is 2.59. The predicted molar refractivity (Wildman–Crippen MR) is 92.0 cm³/mol. The number of thioether (sulfide) groups is 1. The highest BCUT2D eigenvalue weighted by Crippen LogP contribution is 2.23. The van der Waals surface area contributed by atoms with Gasteiger partial charge in [-0.3, -0.25) is 9.59 Å². The minimum atomic E-state index is -2.89. The molecule has 0 aliphatic carbocycles. The number of halogens is 3. The molecule has 0 aliphatic heterocycles. The number of ether oxygens (including phenoxy) is 1. The van der Waals surface area contributed by atoms with E-state index in [1.165, 1.54) is 31.2 Å². The van der Waals surface area contributed by atoms with Crippen LogP contribution in [0.2, 0.25) is 0 Å². The second-order valence-corrected chi connectivity index (χ2v) is 6.31. The third-order valence-corrected chi connectivity index (χ3v) is 4.38. The Balaban J connectivity index is 1.81. The van der Waals surface area contributed by atoms with Crippen LogP contribution in [0.3, 0.4) is 0 Å². The average molecular weight is 383 g/mol. The first-order valence-corrected chi connectivity index (χ1v) is 8.57. The van der Waals surface area contributed by atoms with Gasteiger partial charge in [-0.1, -0.05) is 18.2 Å². The largest absolute Gasteiger partial charge is 0.435 e. The van der Waals surface area contributed by atoms with Gasteiger partial charge in [-0.25, -0.2) is 4.39 Å². The van der Waals surface area contributed by atoms with E-state index in [9.17, 15) is 22.8 Å². The summed E-state index contributed by atoms with van der Waals surface area (Å²) >= 11 is 1.02. The molecule has 26 heavy (non-hydrogen) atoms. The summed E-state index contributed by atoms with van der Waals surface area (Å²) in [7, 11) is 0. The molecule has 4 nitrogen and oxygen atoms in total. The van der Waals surface area contributed by atoms with Crippen LogP contribution in [0.4, 0.5) is 13.2 Å². The van der Waals surface area contributed by atoms with Crippen molar-refractivity contribution in [2.45, 2.75) is 25.0 Å². The van der Waals surface area contributed by atoms with Crippen LogP contribution in [0, 0.1) is 5.82 Å². The van der Waals surface area contributed by atoms with Crippen molar-refractivity contribution < 1.29 is 27.5 Å². The molecule has 0 saturated heterocycles. The van der Waals surface area contributed by atoms with E-state index in [1.54, 1.807) is 12.1 Å². The molecule has 0 radical (unpaired) electrons. The molecule has 0 bridgehead atoms. The Morgan fingerprint density at radius 3 is 2.42 bits per heavy atom. The number of nitrogens with one attached hydrogen (secondary N) is 1. The Labute approximate surface area is 152 Å². The van der Waals surface area contributed by atoms with Gasteiger partial charge in [-0.05, 0) is 36.8 Å². The van der Waals surface area contributed by atoms with E-state index in [0.29, 0.717) is 5.56 Å². The highest BCUT2D eigenvalue weighted by atomic mass is 32.2. The molecule has 138 valence electrons. The van der Waals surface area contributed by atoms with Crippen molar-refractivity contribution in [3.63, 3.8) is 0 Å². The molecule has 0 aromatic heterocycles. The summed E-state index contributed by atoms with van der Waals surface area (Å²) in [5.41, 5.74) is 0.984. The number of carbonyl (C=O) groups excluding carboxylic acids is 2. The molecule has 1 amide bonds. The number of Topliss-reactive ketones (excluding diaryl/α,β-unsaturated/α-hetero) is 1. The van der Waals surface area contributed by atoms with Crippen LogP contribution in [0.15, 0.2) is 47.4 Å². The SMILES string of the molecule is CC(=O)c1ccc(SCC(=O)NCc2ccc(OC(F)F)cc2)c(F)c1. The molecule has 2 aromatic rings. The number of hydrogen-bond acceptors (Lipinski definition) is 4. The number of carbonyl (C=O) groups is 2. The maximum Gasteiger partial charge on any atom is 0.387 e. The number of hydrogen-bond donors (Lipinski definition) is 1. The lowest BCUT2D eigenvalue weighted by atomic mass is 10.1. The van der Waals surface area contributed by atoms with Gasteiger partial charge in [0.05, 0.1) is 5.75 Å². The fourth-order valence-corrected chi connectivity index (χ4v) is 2.77. The number of amides is 1. The summed E-state index contributed by atoms with van der Waals surface area (Å²) in [5.74, 6) is -1.05. The van der Waals surface area contributed by atoms with Crippen LogP contribution < -0.4 is 10.1 Å². The number of benzene rings is 2. The minimum absolute atomic E-state index is 0.00289. The van der Waals surface area contributed by atoms with Crippen molar-refractivity contribution in [1.29, 1.82) is 0 Å². The molecule has 8 heteroatoms. The third-order valence-electron chi connectivity index (χ3n) is 3.34. The summed E-state index contributed by atoms with van der Waals surface area (Å²) in [6, 6.07) is 10.0. The number of ketones is 1. The van der Waals surface area contributed by atoms with E-state index >= 15 is 0 Å². The van der Waals surface area contributed by atoms with Crippen LogP contribution in [-0.4, -0.2) is 24.1 Å². The molecule has 0 aliphatic rings. The molecule has 1 N–H and O–H groups in total. The van der Waals surface area contributed by atoms with Gasteiger partial charge in [-0.15, -0.1) is 11.8 Å². The van der Waals surface area contributed by atoms with Crippen LogP contribution in [0.1, 0.15) is 22.8 Å². The lowest BCUT2D eigenvalue weighted by Crippen LogP contribution is -2.24. The summed E-state index contributed by atoms with van der Waals surface area (Å²) in [5, 5.41) is 2.65. The van der Waals surface area contributed by atoms with E-state index in [4.69, 9.17) is 0 Å². The fraction of sp³-hybridized carbons (Fsp3) is 0.222. The Bertz CT molecular complexity index is 782. The van der Waals surface area contributed by atoms with E-state index in [1.807, 2.05) is 0 Å². The highest BCUT2D eigenvalue weighted by molar-refractivity contribution is 8.00. The summed E-state index contributed by atoms with van der Waals surface area (Å²) in [6.07, 6.45) is 0. The standard InChI is InChI=1S/C18H16F3NO3S/c1-11(23)13-4-7-16(15(19)8-13)26-10-17(24)22-9-12-2-5-14(6-3-12)25-18(20)21/h2-8,18H,9-10H2,1H3,(H,22,24). The van der Waals surface area contributed by atoms with E-state index in [0.717, 1.165) is 17.8 Å². The van der Waals surface area contributed by atoms with Gasteiger partial charge < -0.3 is 10.1 Å². The molecule has 0 spiro atoms. The smallest absolute Gasteiger partial charge is 0.387 e. The topological polar surface area (TPSA) is 55.4 Å². The normalized spacial score (nSPS) is 10.7. The predicted octanol–water partition coefficient (Wildman–Crippen LogP) is 4.04. The van der Waals surface area contributed by atoms with Gasteiger partial charge in [-0.2, -0.15) is 8.78 Å². The quantitative estimate of drug-likeness (QED) is 0.552. The molecule has 0 atom stereocenters. The van der Waals surface area contributed by atoms with Crippen LogP contribution in [0.25, 0.3) is 0 Å². The van der Waals surface area contributed by atoms with Crippen LogP contribution in [-0.2, 0) is 11.3 Å². The molecular weight excluding hydrogens is 367 g/mol. The van der Waals surface area contributed by atoms with Gasteiger partial charge in [0.2, 0.25) is 5.91 Å². The Kier molecular flexibility index (Phi) is 7.08. The molecule has 2 aromatic carbocycles. The van der Waals surface area contributed by atoms with Crippen LogP contribution >= 0.6 is 11.8 Å². The first-order valence-electron chi connectivity index (χ1n) is 7.59. The van der Waals surface area contributed by atoms with Gasteiger partial charge in [0, 0.05) is 17.0 Å². The monoisotopic (exact) mass is 383 g/mol.